The van der Waals surface area contributed by atoms with Crippen molar-refractivity contribution in [3.05, 3.63) is 0 Å². The van der Waals surface area contributed by atoms with E-state index >= 15 is 0 Å². The van der Waals surface area contributed by atoms with Crippen molar-refractivity contribution in [3.8, 4) is 0 Å². The van der Waals surface area contributed by atoms with Crippen LogP contribution in [0.1, 0.15) is 40.5 Å². The topological polar surface area (TPSA) is 214 Å². The van der Waals surface area contributed by atoms with Crippen LogP contribution in [0.5, 0.6) is 0 Å². The summed E-state index contributed by atoms with van der Waals surface area (Å²) in [5, 5.41) is 25.5. The number of carboxylic acid groups (broad SMARTS) is 1. The van der Waals surface area contributed by atoms with Crippen LogP contribution in [0.2, 0.25) is 0 Å². The molecule has 4 unspecified atom stereocenters. The number of nitrogens with one attached hydrogen (secondary N) is 3. The van der Waals surface area contributed by atoms with E-state index in [1.165, 1.54) is 0 Å². The number of amides is 4. The molecule has 0 fully saturated rings. The number of nitrogens with two attached hydrogens (primary N) is 2. The molecule has 0 saturated carbocycles. The Bertz CT molecular complexity index is 638. The molecule has 0 heterocycles. The molecular weight excluding hydrogens is 398 g/mol. The summed E-state index contributed by atoms with van der Waals surface area (Å²) in [5.74, 6) is -4.97. The van der Waals surface area contributed by atoms with Gasteiger partial charge in [-0.3, -0.25) is 19.2 Å². The number of aliphatic carboxylic acids is 1. The number of aliphatic hydroxyl groups is 1. The summed E-state index contributed by atoms with van der Waals surface area (Å²) in [6.45, 7) is 6.04. The third kappa shape index (κ3) is 9.18. The van der Waals surface area contributed by atoms with Crippen LogP contribution in [0.25, 0.3) is 0 Å². The monoisotopic (exact) mass is 431 g/mol. The normalized spacial score (nSPS) is 15.1. The van der Waals surface area contributed by atoms with E-state index in [1.54, 1.807) is 27.7 Å². The lowest BCUT2D eigenvalue weighted by atomic mass is 9.99. The molecule has 0 saturated heterocycles. The highest BCUT2D eigenvalue weighted by molar-refractivity contribution is 5.94. The number of carbonyl (C=O) groups is 5. The lowest BCUT2D eigenvalue weighted by molar-refractivity contribution is -0.143. The van der Waals surface area contributed by atoms with E-state index in [2.05, 4.69) is 16.0 Å². The Morgan fingerprint density at radius 3 is 1.63 bits per heavy atom. The molecule has 30 heavy (non-hydrogen) atoms. The molecule has 4 amide bonds. The lowest BCUT2D eigenvalue weighted by Crippen LogP contribution is -2.59. The first-order valence-corrected chi connectivity index (χ1v) is 9.60. The van der Waals surface area contributed by atoms with Crippen LogP contribution in [0.4, 0.5) is 0 Å². The zero-order chi connectivity index (χ0) is 23.6. The molecule has 9 N–H and O–H groups in total. The largest absolute Gasteiger partial charge is 0.480 e. The van der Waals surface area contributed by atoms with Crippen LogP contribution < -0.4 is 27.4 Å². The summed E-state index contributed by atoms with van der Waals surface area (Å²) in [5.41, 5.74) is 10.5. The summed E-state index contributed by atoms with van der Waals surface area (Å²) < 4.78 is 0. The van der Waals surface area contributed by atoms with Crippen molar-refractivity contribution in [3.63, 3.8) is 0 Å². The van der Waals surface area contributed by atoms with Gasteiger partial charge in [0.05, 0.1) is 6.61 Å². The number of rotatable bonds is 13. The quantitative estimate of drug-likeness (QED) is 0.164. The molecule has 172 valence electrons. The Morgan fingerprint density at radius 1 is 0.833 bits per heavy atom. The minimum atomic E-state index is -1.36. The lowest BCUT2D eigenvalue weighted by Gasteiger charge is -2.28. The molecule has 4 atom stereocenters. The predicted octanol–water partition coefficient (Wildman–Crippen LogP) is -2.58. The Kier molecular flexibility index (Phi) is 11.6. The molecule has 12 nitrogen and oxygen atoms in total. The summed E-state index contributed by atoms with van der Waals surface area (Å²) in [6, 6.07) is -4.69. The van der Waals surface area contributed by atoms with E-state index in [0.717, 1.165) is 0 Å². The molecular formula is C18H33N5O7. The maximum Gasteiger partial charge on any atom is 0.326 e. The third-order valence-corrected chi connectivity index (χ3v) is 4.32. The van der Waals surface area contributed by atoms with Gasteiger partial charge in [-0.1, -0.05) is 27.7 Å². The highest BCUT2D eigenvalue weighted by atomic mass is 16.4. The van der Waals surface area contributed by atoms with E-state index in [1.807, 2.05) is 0 Å². The van der Waals surface area contributed by atoms with Gasteiger partial charge in [0.15, 0.2) is 0 Å². The number of carboxylic acids is 1. The van der Waals surface area contributed by atoms with Gasteiger partial charge in [-0.25, -0.2) is 4.79 Å². The van der Waals surface area contributed by atoms with Gasteiger partial charge in [0.1, 0.15) is 24.2 Å². The molecule has 0 spiro atoms. The fraction of sp³-hybridized carbons (Fsp3) is 0.722. The van der Waals surface area contributed by atoms with Crippen molar-refractivity contribution >= 4 is 29.6 Å². The smallest absolute Gasteiger partial charge is 0.326 e. The van der Waals surface area contributed by atoms with Gasteiger partial charge in [-0.05, 0) is 18.3 Å². The van der Waals surface area contributed by atoms with E-state index in [4.69, 9.17) is 16.6 Å². The standard InChI is InChI=1S/C18H33N5O7/c1-8(2)13(16(27)21-11(18(29)30)5-6-12(20)25)23-17(28)14(9(3)4)22-15(26)10(19)7-24/h8-11,13-14,24H,5-7,19H2,1-4H3,(H2,20,25)(H,21,27)(H,22,26)(H,23,28)(H,29,30). The van der Waals surface area contributed by atoms with Crippen LogP contribution in [0.15, 0.2) is 0 Å². The first kappa shape index (κ1) is 27.3. The van der Waals surface area contributed by atoms with Crippen molar-refractivity contribution in [1.29, 1.82) is 0 Å². The average Bonchev–Trinajstić information content (AvgIpc) is 2.64. The second-order valence-electron chi connectivity index (χ2n) is 7.65. The van der Waals surface area contributed by atoms with E-state index in [0.29, 0.717) is 0 Å². The van der Waals surface area contributed by atoms with Gasteiger partial charge in [-0.15, -0.1) is 0 Å². The molecule has 0 radical (unpaired) electrons. The van der Waals surface area contributed by atoms with Crippen LogP contribution >= 0.6 is 0 Å². The van der Waals surface area contributed by atoms with Gasteiger partial charge in [-0.2, -0.15) is 0 Å². The molecule has 0 aliphatic carbocycles. The van der Waals surface area contributed by atoms with Crippen LogP contribution in [-0.4, -0.2) is 70.6 Å². The minimum Gasteiger partial charge on any atom is -0.480 e. The Hall–Kier alpha value is -2.73. The number of hydrogen-bond acceptors (Lipinski definition) is 7. The van der Waals surface area contributed by atoms with E-state index in [-0.39, 0.29) is 18.8 Å². The molecule has 0 aliphatic rings. The van der Waals surface area contributed by atoms with Gasteiger partial charge < -0.3 is 37.6 Å². The SMILES string of the molecule is CC(C)C(NC(=O)C(N)CO)C(=O)NC(C(=O)NC(CCC(N)=O)C(=O)O)C(C)C. The fourth-order valence-electron chi connectivity index (χ4n) is 2.46. The van der Waals surface area contributed by atoms with Crippen LogP contribution in [-0.2, 0) is 24.0 Å². The highest BCUT2D eigenvalue weighted by Gasteiger charge is 2.33. The Labute approximate surface area is 175 Å². The van der Waals surface area contributed by atoms with Gasteiger partial charge in [0.2, 0.25) is 23.6 Å². The van der Waals surface area contributed by atoms with Crippen molar-refractivity contribution < 1.29 is 34.2 Å². The van der Waals surface area contributed by atoms with Crippen molar-refractivity contribution in [2.75, 3.05) is 6.61 Å². The minimum absolute atomic E-state index is 0.196. The van der Waals surface area contributed by atoms with E-state index < -0.39 is 66.3 Å². The molecule has 0 aromatic heterocycles. The second-order valence-corrected chi connectivity index (χ2v) is 7.65. The van der Waals surface area contributed by atoms with Crippen molar-refractivity contribution in [2.45, 2.75) is 64.7 Å². The first-order valence-electron chi connectivity index (χ1n) is 9.60. The fourth-order valence-corrected chi connectivity index (χ4v) is 2.46. The molecule has 0 rings (SSSR count). The summed E-state index contributed by atoms with van der Waals surface area (Å²) in [6.07, 6.45) is -0.429. The molecule has 0 aromatic carbocycles. The maximum atomic E-state index is 12.7. The molecule has 0 aromatic rings. The second kappa shape index (κ2) is 12.8. The molecule has 12 heteroatoms. The van der Waals surface area contributed by atoms with E-state index in [9.17, 15) is 29.1 Å². The Balaban J connectivity index is 5.32. The highest BCUT2D eigenvalue weighted by Crippen LogP contribution is 2.08. The average molecular weight is 431 g/mol. The summed E-state index contributed by atoms with van der Waals surface area (Å²) >= 11 is 0. The van der Waals surface area contributed by atoms with Gasteiger partial charge >= 0.3 is 5.97 Å². The predicted molar refractivity (Wildman–Crippen MR) is 107 cm³/mol. The summed E-state index contributed by atoms with van der Waals surface area (Å²) in [7, 11) is 0. The molecule has 0 bridgehead atoms. The zero-order valence-electron chi connectivity index (χ0n) is 17.7. The van der Waals surface area contributed by atoms with Crippen molar-refractivity contribution in [2.24, 2.45) is 23.3 Å². The number of aliphatic hydroxyl groups excluding tert-OH is 1. The Morgan fingerprint density at radius 2 is 1.27 bits per heavy atom. The molecule has 0 aliphatic heterocycles. The van der Waals surface area contributed by atoms with Crippen LogP contribution in [0.3, 0.4) is 0 Å². The first-order chi connectivity index (χ1) is 13.8. The number of primary amides is 1. The van der Waals surface area contributed by atoms with Crippen LogP contribution in [0, 0.1) is 11.8 Å². The zero-order valence-corrected chi connectivity index (χ0v) is 17.7. The number of hydrogen-bond donors (Lipinski definition) is 7. The van der Waals surface area contributed by atoms with Gasteiger partial charge in [0.25, 0.3) is 0 Å². The number of carbonyl (C=O) groups excluding carboxylic acids is 4. The third-order valence-electron chi connectivity index (χ3n) is 4.32. The van der Waals surface area contributed by atoms with Crippen molar-refractivity contribution in [1.82, 2.24) is 16.0 Å². The van der Waals surface area contributed by atoms with Gasteiger partial charge in [0, 0.05) is 6.42 Å². The maximum absolute atomic E-state index is 12.7. The summed E-state index contributed by atoms with van der Waals surface area (Å²) in [4.78, 5) is 59.5.